The number of benzene rings is 1. The fourth-order valence-electron chi connectivity index (χ4n) is 2.81. The first-order valence-corrected chi connectivity index (χ1v) is 8.62. The molecule has 2 aromatic rings. The number of aromatic nitrogens is 1. The molecule has 1 saturated carbocycles. The SMILES string of the molecule is O=C(Nc1nc(C2CC2)cs1)c1cccc(C2CCOC2)c1. The predicted molar refractivity (Wildman–Crippen MR) is 86.7 cm³/mol. The summed E-state index contributed by atoms with van der Waals surface area (Å²) in [4.78, 5) is 16.9. The number of amides is 1. The second kappa shape index (κ2) is 5.82. The van der Waals surface area contributed by atoms with Gasteiger partial charge in [0.1, 0.15) is 0 Å². The average molecular weight is 314 g/mol. The molecule has 0 radical (unpaired) electrons. The van der Waals surface area contributed by atoms with Gasteiger partial charge < -0.3 is 4.74 Å². The zero-order valence-corrected chi connectivity index (χ0v) is 13.1. The van der Waals surface area contributed by atoms with Crippen LogP contribution in [0.5, 0.6) is 0 Å². The van der Waals surface area contributed by atoms with Gasteiger partial charge in [0.2, 0.25) is 0 Å². The zero-order chi connectivity index (χ0) is 14.9. The number of ether oxygens (including phenoxy) is 1. The van der Waals surface area contributed by atoms with Gasteiger partial charge in [-0.2, -0.15) is 0 Å². The molecular formula is C17H18N2O2S. The summed E-state index contributed by atoms with van der Waals surface area (Å²) in [5.41, 5.74) is 2.99. The molecule has 1 atom stereocenters. The zero-order valence-electron chi connectivity index (χ0n) is 12.2. The molecule has 0 spiro atoms. The summed E-state index contributed by atoms with van der Waals surface area (Å²) < 4.78 is 5.43. The maximum Gasteiger partial charge on any atom is 0.257 e. The van der Waals surface area contributed by atoms with Gasteiger partial charge in [0, 0.05) is 29.4 Å². The van der Waals surface area contributed by atoms with Gasteiger partial charge in [-0.05, 0) is 37.0 Å². The quantitative estimate of drug-likeness (QED) is 0.934. The van der Waals surface area contributed by atoms with Crippen molar-refractivity contribution < 1.29 is 9.53 Å². The molecular weight excluding hydrogens is 296 g/mol. The molecule has 2 fully saturated rings. The fraction of sp³-hybridized carbons (Fsp3) is 0.412. The van der Waals surface area contributed by atoms with Crippen LogP contribution in [-0.2, 0) is 4.74 Å². The van der Waals surface area contributed by atoms with Crippen LogP contribution >= 0.6 is 11.3 Å². The van der Waals surface area contributed by atoms with Crippen molar-refractivity contribution in [2.45, 2.75) is 31.1 Å². The van der Waals surface area contributed by atoms with E-state index in [1.54, 1.807) is 0 Å². The first kappa shape index (κ1) is 13.9. The summed E-state index contributed by atoms with van der Waals surface area (Å²) in [6.45, 7) is 1.56. The number of rotatable bonds is 4. The highest BCUT2D eigenvalue weighted by molar-refractivity contribution is 7.14. The Hall–Kier alpha value is -1.72. The Kier molecular flexibility index (Phi) is 3.68. The molecule has 2 aliphatic rings. The molecule has 2 heterocycles. The molecule has 1 aliphatic carbocycles. The lowest BCUT2D eigenvalue weighted by Gasteiger charge is -2.09. The number of hydrogen-bond donors (Lipinski definition) is 1. The van der Waals surface area contributed by atoms with E-state index in [2.05, 4.69) is 21.7 Å². The second-order valence-electron chi connectivity index (χ2n) is 5.99. The number of carbonyl (C=O) groups is 1. The molecule has 114 valence electrons. The Labute approximate surface area is 133 Å². The molecule has 4 nitrogen and oxygen atoms in total. The van der Waals surface area contributed by atoms with Crippen LogP contribution in [0.1, 0.15) is 52.7 Å². The smallest absolute Gasteiger partial charge is 0.257 e. The Morgan fingerprint density at radius 2 is 2.18 bits per heavy atom. The highest BCUT2D eigenvalue weighted by Gasteiger charge is 2.26. The van der Waals surface area contributed by atoms with Gasteiger partial charge in [-0.3, -0.25) is 10.1 Å². The molecule has 1 amide bonds. The van der Waals surface area contributed by atoms with Crippen LogP contribution in [0, 0.1) is 0 Å². The van der Waals surface area contributed by atoms with Gasteiger partial charge in [0.15, 0.2) is 5.13 Å². The van der Waals surface area contributed by atoms with E-state index >= 15 is 0 Å². The molecule has 1 aromatic heterocycles. The molecule has 0 bridgehead atoms. The van der Waals surface area contributed by atoms with Crippen molar-refractivity contribution in [2.75, 3.05) is 18.5 Å². The summed E-state index contributed by atoms with van der Waals surface area (Å²) in [6.07, 6.45) is 3.48. The van der Waals surface area contributed by atoms with E-state index in [-0.39, 0.29) is 5.91 Å². The molecule has 5 heteroatoms. The van der Waals surface area contributed by atoms with E-state index in [0.29, 0.717) is 22.5 Å². The van der Waals surface area contributed by atoms with Gasteiger partial charge in [-0.15, -0.1) is 11.3 Å². The summed E-state index contributed by atoms with van der Waals surface area (Å²) >= 11 is 1.51. The molecule has 22 heavy (non-hydrogen) atoms. The monoisotopic (exact) mass is 314 g/mol. The maximum atomic E-state index is 12.4. The Balaban J connectivity index is 1.47. The Morgan fingerprint density at radius 1 is 1.27 bits per heavy atom. The first-order chi connectivity index (χ1) is 10.8. The summed E-state index contributed by atoms with van der Waals surface area (Å²) in [5.74, 6) is 0.944. The molecule has 1 unspecified atom stereocenters. The van der Waals surface area contributed by atoms with E-state index in [1.165, 1.54) is 29.7 Å². The Morgan fingerprint density at radius 3 is 2.95 bits per heavy atom. The summed E-state index contributed by atoms with van der Waals surface area (Å²) in [7, 11) is 0. The lowest BCUT2D eigenvalue weighted by Crippen LogP contribution is -2.12. The summed E-state index contributed by atoms with van der Waals surface area (Å²) in [5, 5.41) is 5.67. The normalized spacial score (nSPS) is 21.0. The summed E-state index contributed by atoms with van der Waals surface area (Å²) in [6, 6.07) is 7.85. The topological polar surface area (TPSA) is 51.2 Å². The third-order valence-corrected chi connectivity index (χ3v) is 5.06. The lowest BCUT2D eigenvalue weighted by molar-refractivity contribution is 0.102. The largest absolute Gasteiger partial charge is 0.381 e. The van der Waals surface area contributed by atoms with Crippen LogP contribution in [0.3, 0.4) is 0 Å². The molecule has 1 N–H and O–H groups in total. The highest BCUT2D eigenvalue weighted by Crippen LogP contribution is 2.40. The standard InChI is InChI=1S/C17H18N2O2S/c20-16(19-17-18-15(10-22-17)11-4-5-11)13-3-1-2-12(8-13)14-6-7-21-9-14/h1-3,8,10-11,14H,4-7,9H2,(H,18,19,20). The van der Waals surface area contributed by atoms with Gasteiger partial charge >= 0.3 is 0 Å². The second-order valence-corrected chi connectivity index (χ2v) is 6.85. The Bertz CT molecular complexity index is 687. The minimum Gasteiger partial charge on any atom is -0.381 e. The number of nitrogens with one attached hydrogen (secondary N) is 1. The maximum absolute atomic E-state index is 12.4. The molecule has 4 rings (SSSR count). The first-order valence-electron chi connectivity index (χ1n) is 7.74. The third-order valence-electron chi connectivity index (χ3n) is 4.29. The number of thiazole rings is 1. The van der Waals surface area contributed by atoms with Crippen LogP contribution in [0.25, 0.3) is 0 Å². The van der Waals surface area contributed by atoms with Crippen LogP contribution in [0.2, 0.25) is 0 Å². The van der Waals surface area contributed by atoms with Crippen LogP contribution in [0.15, 0.2) is 29.6 Å². The van der Waals surface area contributed by atoms with Gasteiger partial charge in [-0.25, -0.2) is 4.98 Å². The van der Waals surface area contributed by atoms with Crippen molar-refractivity contribution in [2.24, 2.45) is 0 Å². The van der Waals surface area contributed by atoms with E-state index in [0.717, 1.165) is 25.3 Å². The van der Waals surface area contributed by atoms with Crippen molar-refractivity contribution in [3.05, 3.63) is 46.5 Å². The minimum absolute atomic E-state index is 0.0857. The number of carbonyl (C=O) groups excluding carboxylic acids is 1. The van der Waals surface area contributed by atoms with Crippen LogP contribution in [-0.4, -0.2) is 24.1 Å². The predicted octanol–water partition coefficient (Wildman–Crippen LogP) is 3.78. The fourth-order valence-corrected chi connectivity index (χ4v) is 3.60. The molecule has 1 saturated heterocycles. The van der Waals surface area contributed by atoms with E-state index in [4.69, 9.17) is 4.74 Å². The van der Waals surface area contributed by atoms with Crippen molar-refractivity contribution >= 4 is 22.4 Å². The van der Waals surface area contributed by atoms with Crippen molar-refractivity contribution in [1.82, 2.24) is 4.98 Å². The van der Waals surface area contributed by atoms with Crippen molar-refractivity contribution in [1.29, 1.82) is 0 Å². The number of anilines is 1. The lowest BCUT2D eigenvalue weighted by atomic mass is 9.96. The highest BCUT2D eigenvalue weighted by atomic mass is 32.1. The van der Waals surface area contributed by atoms with E-state index in [9.17, 15) is 4.79 Å². The van der Waals surface area contributed by atoms with Crippen LogP contribution < -0.4 is 5.32 Å². The van der Waals surface area contributed by atoms with Gasteiger partial charge in [0.25, 0.3) is 5.91 Å². The van der Waals surface area contributed by atoms with Gasteiger partial charge in [0.05, 0.1) is 12.3 Å². The minimum atomic E-state index is -0.0857. The van der Waals surface area contributed by atoms with Crippen molar-refractivity contribution in [3.63, 3.8) is 0 Å². The van der Waals surface area contributed by atoms with Crippen molar-refractivity contribution in [3.8, 4) is 0 Å². The van der Waals surface area contributed by atoms with Gasteiger partial charge in [-0.1, -0.05) is 12.1 Å². The molecule has 1 aromatic carbocycles. The average Bonchev–Trinajstić information content (AvgIpc) is 3.06. The number of hydrogen-bond acceptors (Lipinski definition) is 4. The third kappa shape index (κ3) is 2.91. The van der Waals surface area contributed by atoms with E-state index < -0.39 is 0 Å². The number of nitrogens with zero attached hydrogens (tertiary/aromatic N) is 1. The molecule has 1 aliphatic heterocycles. The van der Waals surface area contributed by atoms with Crippen LogP contribution in [0.4, 0.5) is 5.13 Å². The van der Waals surface area contributed by atoms with E-state index in [1.807, 2.05) is 18.2 Å².